The number of aryl methyl sites for hydroxylation is 1. The number of hydrogen-bond acceptors (Lipinski definition) is 6. The van der Waals surface area contributed by atoms with Crippen LogP contribution in [0.15, 0.2) is 12.5 Å². The summed E-state index contributed by atoms with van der Waals surface area (Å²) in [6.07, 6.45) is 4.60. The molecule has 0 aliphatic carbocycles. The molecule has 7 nitrogen and oxygen atoms in total. The Bertz CT molecular complexity index is 684. The maximum atomic E-state index is 11.7. The SMILES string of the molecule is CCc1c[nH]c2ncnc(N3CCC(O)(C(=O)OC)C3)c12. The third kappa shape index (κ3) is 2.13. The number of rotatable bonds is 3. The third-order valence-electron chi connectivity index (χ3n) is 4.03. The van der Waals surface area contributed by atoms with Gasteiger partial charge in [-0.05, 0) is 12.0 Å². The normalized spacial score (nSPS) is 22.0. The van der Waals surface area contributed by atoms with E-state index in [4.69, 9.17) is 0 Å². The number of carbonyl (C=O) groups excluding carboxylic acids is 1. The fourth-order valence-electron chi connectivity index (χ4n) is 2.86. The number of aromatic nitrogens is 3. The van der Waals surface area contributed by atoms with Crippen LogP contribution >= 0.6 is 0 Å². The average Bonchev–Trinajstić information content (AvgIpc) is 3.10. The number of nitrogens with zero attached hydrogens (tertiary/aromatic N) is 3. The zero-order valence-electron chi connectivity index (χ0n) is 12.1. The number of methoxy groups -OCH3 is 1. The van der Waals surface area contributed by atoms with Gasteiger partial charge < -0.3 is 19.7 Å². The Morgan fingerprint density at radius 2 is 2.38 bits per heavy atom. The van der Waals surface area contributed by atoms with E-state index in [0.29, 0.717) is 13.0 Å². The quantitative estimate of drug-likeness (QED) is 0.806. The van der Waals surface area contributed by atoms with Gasteiger partial charge in [0, 0.05) is 19.2 Å². The molecule has 0 bridgehead atoms. The molecule has 0 spiro atoms. The van der Waals surface area contributed by atoms with E-state index in [2.05, 4.69) is 26.6 Å². The van der Waals surface area contributed by atoms with Crippen molar-refractivity contribution in [2.45, 2.75) is 25.4 Å². The molecule has 3 rings (SSSR count). The highest BCUT2D eigenvalue weighted by molar-refractivity contribution is 5.91. The molecule has 1 unspecified atom stereocenters. The molecule has 0 saturated carbocycles. The van der Waals surface area contributed by atoms with Crippen LogP contribution in [0.5, 0.6) is 0 Å². The predicted octanol–water partition coefficient (Wildman–Crippen LogP) is 0.634. The minimum Gasteiger partial charge on any atom is -0.467 e. The molecule has 0 amide bonds. The Kier molecular flexibility index (Phi) is 3.29. The van der Waals surface area contributed by atoms with E-state index in [1.165, 1.54) is 13.4 Å². The van der Waals surface area contributed by atoms with E-state index in [1.54, 1.807) is 0 Å². The minimum absolute atomic E-state index is 0.181. The average molecular weight is 290 g/mol. The zero-order valence-corrected chi connectivity index (χ0v) is 12.1. The summed E-state index contributed by atoms with van der Waals surface area (Å²) in [4.78, 5) is 25.3. The lowest BCUT2D eigenvalue weighted by molar-refractivity contribution is -0.159. The monoisotopic (exact) mass is 290 g/mol. The van der Waals surface area contributed by atoms with Crippen LogP contribution in [-0.2, 0) is 16.0 Å². The van der Waals surface area contributed by atoms with Crippen molar-refractivity contribution in [3.05, 3.63) is 18.1 Å². The number of esters is 1. The number of nitrogens with one attached hydrogen (secondary N) is 1. The Morgan fingerprint density at radius 1 is 1.57 bits per heavy atom. The number of anilines is 1. The zero-order chi connectivity index (χ0) is 15.0. The maximum Gasteiger partial charge on any atom is 0.339 e. The fraction of sp³-hybridized carbons (Fsp3) is 0.500. The molecular weight excluding hydrogens is 272 g/mol. The van der Waals surface area contributed by atoms with Crippen LogP contribution in [0, 0.1) is 0 Å². The predicted molar refractivity (Wildman–Crippen MR) is 77.1 cm³/mol. The number of H-pyrrole nitrogens is 1. The molecule has 0 aromatic carbocycles. The molecule has 7 heteroatoms. The lowest BCUT2D eigenvalue weighted by Gasteiger charge is -2.22. The third-order valence-corrected chi connectivity index (χ3v) is 4.03. The lowest BCUT2D eigenvalue weighted by Crippen LogP contribution is -2.42. The van der Waals surface area contributed by atoms with E-state index in [9.17, 15) is 9.90 Å². The number of fused-ring (bicyclic) bond motifs is 1. The highest BCUT2D eigenvalue weighted by Crippen LogP contribution is 2.32. The van der Waals surface area contributed by atoms with Crippen molar-refractivity contribution in [2.24, 2.45) is 0 Å². The van der Waals surface area contributed by atoms with Crippen molar-refractivity contribution in [2.75, 3.05) is 25.1 Å². The van der Waals surface area contributed by atoms with Crippen LogP contribution < -0.4 is 4.90 Å². The largest absolute Gasteiger partial charge is 0.467 e. The van der Waals surface area contributed by atoms with Crippen LogP contribution in [0.2, 0.25) is 0 Å². The maximum absolute atomic E-state index is 11.7. The number of aromatic amines is 1. The van der Waals surface area contributed by atoms with Gasteiger partial charge >= 0.3 is 5.97 Å². The van der Waals surface area contributed by atoms with Gasteiger partial charge in [-0.2, -0.15) is 0 Å². The molecule has 2 aromatic heterocycles. The summed E-state index contributed by atoms with van der Waals surface area (Å²) < 4.78 is 4.68. The van der Waals surface area contributed by atoms with Gasteiger partial charge in [0.05, 0.1) is 19.0 Å². The van der Waals surface area contributed by atoms with Crippen molar-refractivity contribution >= 4 is 22.8 Å². The molecule has 1 atom stereocenters. The van der Waals surface area contributed by atoms with Crippen molar-refractivity contribution in [1.82, 2.24) is 15.0 Å². The van der Waals surface area contributed by atoms with Crippen molar-refractivity contribution in [3.63, 3.8) is 0 Å². The van der Waals surface area contributed by atoms with Crippen LogP contribution in [0.3, 0.4) is 0 Å². The van der Waals surface area contributed by atoms with Gasteiger partial charge in [-0.1, -0.05) is 6.92 Å². The van der Waals surface area contributed by atoms with Crippen molar-refractivity contribution < 1.29 is 14.6 Å². The second-order valence-corrected chi connectivity index (χ2v) is 5.28. The van der Waals surface area contributed by atoms with Crippen molar-refractivity contribution in [1.29, 1.82) is 0 Å². The summed E-state index contributed by atoms with van der Waals surface area (Å²) in [7, 11) is 1.28. The molecule has 1 aliphatic heterocycles. The lowest BCUT2D eigenvalue weighted by atomic mass is 10.0. The summed E-state index contributed by atoms with van der Waals surface area (Å²) in [5, 5.41) is 11.3. The summed E-state index contributed by atoms with van der Waals surface area (Å²) in [5.74, 6) is 0.151. The Hall–Kier alpha value is -2.15. The van der Waals surface area contributed by atoms with Gasteiger partial charge in [-0.25, -0.2) is 14.8 Å². The first kappa shape index (κ1) is 13.8. The number of hydrogen-bond donors (Lipinski definition) is 2. The second kappa shape index (κ2) is 5.00. The number of β-amino-alcohol motifs (C(OH)–C–C–N with tert-alkyl or cyclic N) is 1. The standard InChI is InChI=1S/C14H18N4O3/c1-3-9-6-15-11-10(9)12(17-8-16-11)18-5-4-14(20,7-18)13(19)21-2/h6,8,20H,3-5,7H2,1-2H3,(H,15,16,17). The van der Waals surface area contributed by atoms with E-state index >= 15 is 0 Å². The summed E-state index contributed by atoms with van der Waals surface area (Å²) >= 11 is 0. The summed E-state index contributed by atoms with van der Waals surface area (Å²) in [5.41, 5.74) is 0.425. The first-order valence-corrected chi connectivity index (χ1v) is 6.95. The number of ether oxygens (including phenoxy) is 1. The molecule has 1 aliphatic rings. The number of aliphatic hydroxyl groups is 1. The smallest absolute Gasteiger partial charge is 0.339 e. The van der Waals surface area contributed by atoms with Gasteiger partial charge in [-0.15, -0.1) is 0 Å². The summed E-state index contributed by atoms with van der Waals surface area (Å²) in [6, 6.07) is 0. The van der Waals surface area contributed by atoms with E-state index < -0.39 is 11.6 Å². The van der Waals surface area contributed by atoms with Gasteiger partial charge in [-0.3, -0.25) is 0 Å². The fourth-order valence-corrected chi connectivity index (χ4v) is 2.86. The molecule has 112 valence electrons. The Morgan fingerprint density at radius 3 is 3.10 bits per heavy atom. The molecule has 3 heterocycles. The van der Waals surface area contributed by atoms with Crippen LogP contribution in [0.4, 0.5) is 5.82 Å². The molecular formula is C14H18N4O3. The highest BCUT2D eigenvalue weighted by atomic mass is 16.5. The first-order valence-electron chi connectivity index (χ1n) is 6.95. The van der Waals surface area contributed by atoms with Gasteiger partial charge in [0.15, 0.2) is 5.60 Å². The highest BCUT2D eigenvalue weighted by Gasteiger charge is 2.44. The Balaban J connectivity index is 1.99. The van der Waals surface area contributed by atoms with Crippen LogP contribution in [0.25, 0.3) is 11.0 Å². The van der Waals surface area contributed by atoms with Gasteiger partial charge in [0.2, 0.25) is 0 Å². The van der Waals surface area contributed by atoms with E-state index in [0.717, 1.165) is 28.8 Å². The van der Waals surface area contributed by atoms with E-state index in [-0.39, 0.29) is 6.54 Å². The molecule has 0 radical (unpaired) electrons. The van der Waals surface area contributed by atoms with E-state index in [1.807, 2.05) is 11.1 Å². The minimum atomic E-state index is -1.46. The number of carbonyl (C=O) groups is 1. The van der Waals surface area contributed by atoms with Crippen molar-refractivity contribution in [3.8, 4) is 0 Å². The molecule has 2 aromatic rings. The topological polar surface area (TPSA) is 91.3 Å². The van der Waals surface area contributed by atoms with Gasteiger partial charge in [0.25, 0.3) is 0 Å². The summed E-state index contributed by atoms with van der Waals surface area (Å²) in [6.45, 7) is 2.79. The molecule has 21 heavy (non-hydrogen) atoms. The molecule has 2 N–H and O–H groups in total. The molecule has 1 fully saturated rings. The first-order chi connectivity index (χ1) is 10.1. The second-order valence-electron chi connectivity index (χ2n) is 5.28. The molecule has 1 saturated heterocycles. The van der Waals surface area contributed by atoms with Gasteiger partial charge in [0.1, 0.15) is 17.8 Å². The van der Waals surface area contributed by atoms with Crippen LogP contribution in [0.1, 0.15) is 18.9 Å². The Labute approximate surface area is 122 Å². The van der Waals surface area contributed by atoms with Crippen LogP contribution in [-0.4, -0.2) is 51.8 Å².